The van der Waals surface area contributed by atoms with Crippen molar-refractivity contribution in [2.24, 2.45) is 0 Å². The molecule has 0 radical (unpaired) electrons. The number of phenolic OH excluding ortho intramolecular Hbond substituents is 1. The average molecular weight is 435 g/mol. The molecule has 0 bridgehead atoms. The quantitative estimate of drug-likeness (QED) is 0.558. The lowest BCUT2D eigenvalue weighted by atomic mass is 9.88. The molecule has 2 aliphatic heterocycles. The number of amides is 2. The number of aryl methyl sites for hydroxylation is 2. The van der Waals surface area contributed by atoms with E-state index < -0.39 is 0 Å². The van der Waals surface area contributed by atoms with Crippen LogP contribution in [0, 0.1) is 6.92 Å². The largest absolute Gasteiger partial charge is 0.507 e. The zero-order valence-corrected chi connectivity index (χ0v) is 19.5. The lowest BCUT2D eigenvalue weighted by Gasteiger charge is -2.29. The van der Waals surface area contributed by atoms with E-state index >= 15 is 0 Å². The Bertz CT molecular complexity index is 1040. The van der Waals surface area contributed by atoms with E-state index in [1.54, 1.807) is 4.90 Å². The van der Waals surface area contributed by atoms with Crippen molar-refractivity contribution >= 4 is 11.8 Å². The van der Waals surface area contributed by atoms with Gasteiger partial charge in [0.2, 0.25) is 0 Å². The summed E-state index contributed by atoms with van der Waals surface area (Å²) < 4.78 is 6.07. The molecule has 0 atom stereocenters. The number of carbonyl (C=O) groups excluding carboxylic acids is 1. The number of rotatable bonds is 6. The standard InChI is InChI=1S/C27H34N2O3/c1-5-6-7-10-20-16-24-25(22-15-18(2)11-12-21(22)19(3)32-24)26(30)23(20)17-28(4)27(31)29-13-8-9-14-29/h11-12,15-16,30H,3,5-10,13-14,17H2,1-2,4H3. The molecule has 170 valence electrons. The Morgan fingerprint density at radius 3 is 2.66 bits per heavy atom. The highest BCUT2D eigenvalue weighted by Gasteiger charge is 2.29. The van der Waals surface area contributed by atoms with Gasteiger partial charge in [-0.05, 0) is 44.2 Å². The number of fused-ring (bicyclic) bond motifs is 3. The maximum absolute atomic E-state index is 12.9. The maximum atomic E-state index is 12.9. The number of aromatic hydroxyl groups is 1. The van der Waals surface area contributed by atoms with E-state index in [4.69, 9.17) is 4.74 Å². The Hall–Kier alpha value is -2.95. The van der Waals surface area contributed by atoms with Crippen LogP contribution in [0.1, 0.15) is 61.3 Å². The van der Waals surface area contributed by atoms with Crippen molar-refractivity contribution in [1.29, 1.82) is 0 Å². The molecule has 5 heteroatoms. The van der Waals surface area contributed by atoms with Gasteiger partial charge in [-0.2, -0.15) is 0 Å². The number of likely N-dealkylation sites (tertiary alicyclic amines) is 1. The van der Waals surface area contributed by atoms with Gasteiger partial charge in [-0.25, -0.2) is 4.79 Å². The van der Waals surface area contributed by atoms with Crippen molar-refractivity contribution in [3.63, 3.8) is 0 Å². The first kappa shape index (κ1) is 22.3. The predicted octanol–water partition coefficient (Wildman–Crippen LogP) is 6.11. The van der Waals surface area contributed by atoms with Crippen LogP contribution in [0.4, 0.5) is 4.79 Å². The fourth-order valence-corrected chi connectivity index (χ4v) is 4.79. The average Bonchev–Trinajstić information content (AvgIpc) is 3.30. The van der Waals surface area contributed by atoms with Crippen LogP contribution in [0.15, 0.2) is 30.8 Å². The summed E-state index contributed by atoms with van der Waals surface area (Å²) in [5, 5.41) is 11.5. The minimum atomic E-state index is 0.0278. The third-order valence-electron chi connectivity index (χ3n) is 6.59. The van der Waals surface area contributed by atoms with E-state index in [0.29, 0.717) is 23.6 Å². The van der Waals surface area contributed by atoms with Crippen LogP contribution >= 0.6 is 0 Å². The number of urea groups is 1. The number of ether oxygens (including phenoxy) is 1. The second-order valence-electron chi connectivity index (χ2n) is 9.10. The third-order valence-corrected chi connectivity index (χ3v) is 6.59. The van der Waals surface area contributed by atoms with E-state index in [1.165, 1.54) is 0 Å². The molecule has 5 nitrogen and oxygen atoms in total. The molecule has 0 aromatic heterocycles. The summed E-state index contributed by atoms with van der Waals surface area (Å²) in [6.45, 7) is 10.3. The number of unbranched alkanes of at least 4 members (excludes halogenated alkanes) is 2. The monoisotopic (exact) mass is 434 g/mol. The van der Waals surface area contributed by atoms with Gasteiger partial charge in [0.25, 0.3) is 0 Å². The number of hydrogen-bond acceptors (Lipinski definition) is 3. The lowest BCUT2D eigenvalue weighted by molar-refractivity contribution is 0.170. The summed E-state index contributed by atoms with van der Waals surface area (Å²) in [6.07, 6.45) is 6.23. The Morgan fingerprint density at radius 2 is 1.94 bits per heavy atom. The topological polar surface area (TPSA) is 53.0 Å². The first-order valence-corrected chi connectivity index (χ1v) is 11.8. The smallest absolute Gasteiger partial charge is 0.320 e. The highest BCUT2D eigenvalue weighted by atomic mass is 16.5. The molecule has 0 aliphatic carbocycles. The zero-order valence-electron chi connectivity index (χ0n) is 19.5. The molecular formula is C27H34N2O3. The van der Waals surface area contributed by atoms with Crippen LogP contribution in [-0.4, -0.2) is 41.1 Å². The molecule has 0 saturated carbocycles. The molecule has 2 aromatic rings. The summed E-state index contributed by atoms with van der Waals surface area (Å²) >= 11 is 0. The van der Waals surface area contributed by atoms with Crippen molar-refractivity contribution in [2.45, 2.75) is 58.9 Å². The van der Waals surface area contributed by atoms with Crippen LogP contribution < -0.4 is 4.74 Å². The van der Waals surface area contributed by atoms with Crippen molar-refractivity contribution in [2.75, 3.05) is 20.1 Å². The fraction of sp³-hybridized carbons (Fsp3) is 0.444. The normalized spacial score (nSPS) is 14.7. The molecule has 1 N–H and O–H groups in total. The van der Waals surface area contributed by atoms with Crippen molar-refractivity contribution in [3.05, 3.63) is 53.1 Å². The first-order chi connectivity index (χ1) is 15.4. The van der Waals surface area contributed by atoms with Crippen molar-refractivity contribution in [1.82, 2.24) is 9.80 Å². The maximum Gasteiger partial charge on any atom is 0.320 e. The van der Waals surface area contributed by atoms with Crippen LogP contribution in [-0.2, 0) is 13.0 Å². The summed E-state index contributed by atoms with van der Waals surface area (Å²) in [5.41, 5.74) is 5.50. The van der Waals surface area contributed by atoms with Gasteiger partial charge in [-0.1, -0.05) is 50.1 Å². The Morgan fingerprint density at radius 1 is 1.19 bits per heavy atom. The minimum absolute atomic E-state index is 0.0278. The second kappa shape index (κ2) is 9.27. The lowest BCUT2D eigenvalue weighted by Crippen LogP contribution is -2.39. The van der Waals surface area contributed by atoms with Gasteiger partial charge in [0.05, 0.1) is 12.1 Å². The van der Waals surface area contributed by atoms with Gasteiger partial charge in [0.15, 0.2) is 0 Å². The number of carbonyl (C=O) groups is 1. The molecule has 2 aliphatic rings. The molecule has 0 spiro atoms. The SMILES string of the molecule is C=C1Oc2cc(CCCCC)c(CN(C)C(=O)N3CCCC3)c(O)c2-c2cc(C)ccc21. The molecule has 1 fully saturated rings. The van der Waals surface area contributed by atoms with Crippen molar-refractivity contribution in [3.8, 4) is 22.6 Å². The number of hydrogen-bond donors (Lipinski definition) is 1. The predicted molar refractivity (Wildman–Crippen MR) is 129 cm³/mol. The molecular weight excluding hydrogens is 400 g/mol. The molecule has 1 saturated heterocycles. The summed E-state index contributed by atoms with van der Waals surface area (Å²) in [4.78, 5) is 16.6. The summed E-state index contributed by atoms with van der Waals surface area (Å²) in [7, 11) is 1.83. The van der Waals surface area contributed by atoms with Crippen LogP contribution in [0.5, 0.6) is 11.5 Å². The van der Waals surface area contributed by atoms with Crippen LogP contribution in [0.25, 0.3) is 16.9 Å². The van der Waals surface area contributed by atoms with E-state index in [0.717, 1.165) is 79.4 Å². The van der Waals surface area contributed by atoms with Crippen molar-refractivity contribution < 1.29 is 14.6 Å². The fourth-order valence-electron chi connectivity index (χ4n) is 4.79. The van der Waals surface area contributed by atoms with Gasteiger partial charge in [-0.3, -0.25) is 0 Å². The molecule has 2 amide bonds. The van der Waals surface area contributed by atoms with Crippen LogP contribution in [0.2, 0.25) is 0 Å². The molecule has 2 heterocycles. The minimum Gasteiger partial charge on any atom is -0.507 e. The van der Waals surface area contributed by atoms with Gasteiger partial charge in [-0.15, -0.1) is 0 Å². The summed E-state index contributed by atoms with van der Waals surface area (Å²) in [6, 6.07) is 8.16. The Kier molecular flexibility index (Phi) is 6.45. The highest BCUT2D eigenvalue weighted by molar-refractivity contribution is 5.91. The molecule has 32 heavy (non-hydrogen) atoms. The Balaban J connectivity index is 1.76. The highest BCUT2D eigenvalue weighted by Crippen LogP contribution is 2.49. The van der Waals surface area contributed by atoms with Gasteiger partial charge in [0.1, 0.15) is 17.3 Å². The molecule has 0 unspecified atom stereocenters. The van der Waals surface area contributed by atoms with Gasteiger partial charge < -0.3 is 19.6 Å². The number of phenols is 1. The number of benzene rings is 2. The zero-order chi connectivity index (χ0) is 22.8. The van der Waals surface area contributed by atoms with E-state index in [1.807, 2.05) is 37.1 Å². The molecule has 2 aromatic carbocycles. The van der Waals surface area contributed by atoms with Gasteiger partial charge >= 0.3 is 6.03 Å². The molecule has 4 rings (SSSR count). The second-order valence-corrected chi connectivity index (χ2v) is 9.10. The van der Waals surface area contributed by atoms with E-state index in [2.05, 4.69) is 19.6 Å². The first-order valence-electron chi connectivity index (χ1n) is 11.8. The van der Waals surface area contributed by atoms with Gasteiger partial charge in [0, 0.05) is 36.8 Å². The third kappa shape index (κ3) is 4.21. The van der Waals surface area contributed by atoms with E-state index in [-0.39, 0.29) is 11.8 Å². The number of nitrogens with zero attached hydrogens (tertiary/aromatic N) is 2. The van der Waals surface area contributed by atoms with E-state index in [9.17, 15) is 9.90 Å². The Labute approximate surface area is 191 Å². The van der Waals surface area contributed by atoms with Crippen LogP contribution in [0.3, 0.4) is 0 Å². The summed E-state index contributed by atoms with van der Waals surface area (Å²) in [5.74, 6) is 1.46.